The lowest BCUT2D eigenvalue weighted by Gasteiger charge is -2.31. The second-order valence-electron chi connectivity index (χ2n) is 4.52. The summed E-state index contributed by atoms with van der Waals surface area (Å²) in [5.41, 5.74) is 3.15. The predicted octanol–water partition coefficient (Wildman–Crippen LogP) is 1.49. The molecule has 0 amide bonds. The van der Waals surface area contributed by atoms with Crippen molar-refractivity contribution in [2.75, 3.05) is 27.8 Å². The van der Waals surface area contributed by atoms with E-state index in [-0.39, 0.29) is 0 Å². The number of β-amino-alcohol motifs (C(OH)–C–C–N with tert-alkyl or cyclic N) is 1. The Bertz CT molecular complexity index is 431. The van der Waals surface area contributed by atoms with Crippen molar-refractivity contribution < 1.29 is 14.6 Å². The molecule has 1 aromatic rings. The number of likely N-dealkylation sites (N-methyl/N-ethyl adjacent to an activating group) is 1. The minimum absolute atomic E-state index is 0.456. The van der Waals surface area contributed by atoms with Crippen molar-refractivity contribution in [3.05, 3.63) is 22.8 Å². The molecule has 1 N–H and O–H groups in total. The lowest BCUT2D eigenvalue weighted by molar-refractivity contribution is 0.107. The van der Waals surface area contributed by atoms with Gasteiger partial charge in [0, 0.05) is 13.1 Å². The van der Waals surface area contributed by atoms with E-state index in [0.29, 0.717) is 12.3 Å². The number of aliphatic hydroxyl groups is 1. The fourth-order valence-corrected chi connectivity index (χ4v) is 2.47. The molecule has 0 aromatic heterocycles. The molecule has 1 aromatic carbocycles. The average Bonchev–Trinajstić information content (AvgIpc) is 2.30. The number of hydrogen-bond acceptors (Lipinski definition) is 4. The smallest absolute Gasteiger partial charge is 0.163 e. The highest BCUT2D eigenvalue weighted by Gasteiger charge is 2.26. The van der Waals surface area contributed by atoms with E-state index in [1.807, 2.05) is 20.0 Å². The molecular formula is C13H19NO3. The van der Waals surface area contributed by atoms with E-state index < -0.39 is 6.10 Å². The van der Waals surface area contributed by atoms with Crippen molar-refractivity contribution >= 4 is 0 Å². The molecule has 0 fully saturated rings. The van der Waals surface area contributed by atoms with E-state index in [2.05, 4.69) is 4.90 Å². The molecule has 94 valence electrons. The number of benzene rings is 1. The molecule has 2 rings (SSSR count). The zero-order valence-corrected chi connectivity index (χ0v) is 10.8. The molecule has 0 spiro atoms. The highest BCUT2D eigenvalue weighted by Crippen LogP contribution is 2.39. The minimum Gasteiger partial charge on any atom is -0.493 e. The number of fused-ring (bicyclic) bond motifs is 1. The van der Waals surface area contributed by atoms with E-state index in [1.54, 1.807) is 14.2 Å². The normalized spacial score (nSPS) is 19.9. The Kier molecular flexibility index (Phi) is 3.26. The highest BCUT2D eigenvalue weighted by atomic mass is 16.5. The minimum atomic E-state index is -0.456. The number of hydrogen-bond donors (Lipinski definition) is 1. The van der Waals surface area contributed by atoms with Crippen LogP contribution in [0.3, 0.4) is 0 Å². The summed E-state index contributed by atoms with van der Waals surface area (Å²) in [6.45, 7) is 3.49. The Morgan fingerprint density at radius 2 is 2.06 bits per heavy atom. The molecule has 0 unspecified atom stereocenters. The maximum absolute atomic E-state index is 10.1. The van der Waals surface area contributed by atoms with Gasteiger partial charge in [0.15, 0.2) is 11.5 Å². The van der Waals surface area contributed by atoms with Gasteiger partial charge in [-0.1, -0.05) is 0 Å². The van der Waals surface area contributed by atoms with Gasteiger partial charge in [-0.25, -0.2) is 0 Å². The van der Waals surface area contributed by atoms with Gasteiger partial charge in [-0.3, -0.25) is 4.90 Å². The standard InChI is InChI=1S/C13H19NO3/c1-8-10-6-14(2)7-11(15)9(10)5-12(16-3)13(8)17-4/h5,11,15H,6-7H2,1-4H3/t11-/m0/s1. The fourth-order valence-electron chi connectivity index (χ4n) is 2.47. The van der Waals surface area contributed by atoms with Gasteiger partial charge in [-0.2, -0.15) is 0 Å². The van der Waals surface area contributed by atoms with Crippen LogP contribution in [0.25, 0.3) is 0 Å². The van der Waals surface area contributed by atoms with Crippen molar-refractivity contribution in [1.29, 1.82) is 0 Å². The number of nitrogens with zero attached hydrogens (tertiary/aromatic N) is 1. The summed E-state index contributed by atoms with van der Waals surface area (Å²) in [5.74, 6) is 1.45. The van der Waals surface area contributed by atoms with E-state index in [4.69, 9.17) is 9.47 Å². The van der Waals surface area contributed by atoms with Crippen LogP contribution in [-0.4, -0.2) is 37.8 Å². The third kappa shape index (κ3) is 1.98. The SMILES string of the molecule is COc1cc2c(c(C)c1OC)CN(C)C[C@@H]2O. The van der Waals surface area contributed by atoms with Gasteiger partial charge in [0.1, 0.15) is 0 Å². The van der Waals surface area contributed by atoms with Crippen molar-refractivity contribution in [2.24, 2.45) is 0 Å². The van der Waals surface area contributed by atoms with Crippen LogP contribution in [0.2, 0.25) is 0 Å². The van der Waals surface area contributed by atoms with Crippen molar-refractivity contribution in [1.82, 2.24) is 4.90 Å². The van der Waals surface area contributed by atoms with Gasteiger partial charge < -0.3 is 14.6 Å². The Hall–Kier alpha value is -1.26. The predicted molar refractivity (Wildman–Crippen MR) is 65.6 cm³/mol. The average molecular weight is 237 g/mol. The van der Waals surface area contributed by atoms with Crippen LogP contribution in [0.5, 0.6) is 11.5 Å². The Morgan fingerprint density at radius 3 is 2.65 bits per heavy atom. The van der Waals surface area contributed by atoms with E-state index in [0.717, 1.165) is 29.0 Å². The zero-order valence-electron chi connectivity index (χ0n) is 10.8. The summed E-state index contributed by atoms with van der Waals surface area (Å²) in [5, 5.41) is 10.1. The molecule has 0 radical (unpaired) electrons. The second-order valence-corrected chi connectivity index (χ2v) is 4.52. The maximum atomic E-state index is 10.1. The molecule has 4 heteroatoms. The summed E-state index contributed by atoms with van der Waals surface area (Å²) >= 11 is 0. The molecule has 0 aliphatic carbocycles. The Labute approximate surface area is 102 Å². The largest absolute Gasteiger partial charge is 0.493 e. The van der Waals surface area contributed by atoms with Crippen molar-refractivity contribution in [3.63, 3.8) is 0 Å². The third-order valence-corrected chi connectivity index (χ3v) is 3.35. The van der Waals surface area contributed by atoms with Crippen LogP contribution in [0.15, 0.2) is 6.07 Å². The van der Waals surface area contributed by atoms with Gasteiger partial charge >= 0.3 is 0 Å². The molecule has 1 aliphatic rings. The molecule has 1 heterocycles. The van der Waals surface area contributed by atoms with E-state index in [9.17, 15) is 5.11 Å². The molecule has 4 nitrogen and oxygen atoms in total. The first-order valence-corrected chi connectivity index (χ1v) is 5.69. The summed E-state index contributed by atoms with van der Waals surface area (Å²) < 4.78 is 10.7. The van der Waals surface area contributed by atoms with Crippen LogP contribution < -0.4 is 9.47 Å². The molecule has 0 saturated carbocycles. The van der Waals surface area contributed by atoms with Crippen LogP contribution >= 0.6 is 0 Å². The zero-order chi connectivity index (χ0) is 12.6. The quantitative estimate of drug-likeness (QED) is 0.846. The first-order chi connectivity index (χ1) is 8.08. The molecule has 0 saturated heterocycles. The molecule has 1 atom stereocenters. The van der Waals surface area contributed by atoms with Gasteiger partial charge in [0.2, 0.25) is 0 Å². The van der Waals surface area contributed by atoms with Crippen LogP contribution in [0.4, 0.5) is 0 Å². The Morgan fingerprint density at radius 1 is 1.35 bits per heavy atom. The van der Waals surface area contributed by atoms with Gasteiger partial charge in [-0.15, -0.1) is 0 Å². The molecular weight excluding hydrogens is 218 g/mol. The first kappa shape index (κ1) is 12.2. The highest BCUT2D eigenvalue weighted by molar-refractivity contribution is 5.55. The second kappa shape index (κ2) is 4.55. The number of rotatable bonds is 2. The first-order valence-electron chi connectivity index (χ1n) is 5.69. The van der Waals surface area contributed by atoms with Gasteiger partial charge in [-0.05, 0) is 36.7 Å². The van der Waals surface area contributed by atoms with E-state index in [1.165, 1.54) is 0 Å². The summed E-state index contributed by atoms with van der Waals surface area (Å²) in [4.78, 5) is 2.10. The van der Waals surface area contributed by atoms with Gasteiger partial charge in [0.05, 0.1) is 20.3 Å². The van der Waals surface area contributed by atoms with Crippen LogP contribution in [0, 0.1) is 6.92 Å². The summed E-state index contributed by atoms with van der Waals surface area (Å²) in [6.07, 6.45) is -0.456. The third-order valence-electron chi connectivity index (χ3n) is 3.35. The lowest BCUT2D eigenvalue weighted by atomic mass is 9.92. The van der Waals surface area contributed by atoms with Crippen molar-refractivity contribution in [3.8, 4) is 11.5 Å². The Balaban J connectivity index is 2.60. The van der Waals surface area contributed by atoms with E-state index >= 15 is 0 Å². The molecule has 0 bridgehead atoms. The topological polar surface area (TPSA) is 41.9 Å². The number of methoxy groups -OCH3 is 2. The number of ether oxygens (including phenoxy) is 2. The van der Waals surface area contributed by atoms with Crippen LogP contribution in [0.1, 0.15) is 22.8 Å². The summed E-state index contributed by atoms with van der Waals surface area (Å²) in [7, 11) is 5.26. The van der Waals surface area contributed by atoms with Crippen LogP contribution in [-0.2, 0) is 6.54 Å². The van der Waals surface area contributed by atoms with Crippen molar-refractivity contribution in [2.45, 2.75) is 19.6 Å². The molecule has 17 heavy (non-hydrogen) atoms. The monoisotopic (exact) mass is 237 g/mol. The summed E-state index contributed by atoms with van der Waals surface area (Å²) in [6, 6.07) is 1.89. The maximum Gasteiger partial charge on any atom is 0.163 e. The number of aliphatic hydroxyl groups excluding tert-OH is 1. The van der Waals surface area contributed by atoms with Gasteiger partial charge in [0.25, 0.3) is 0 Å². The fraction of sp³-hybridized carbons (Fsp3) is 0.538. The molecule has 1 aliphatic heterocycles. The lowest BCUT2D eigenvalue weighted by Crippen LogP contribution is -2.31.